The Hall–Kier alpha value is -0.730. The lowest BCUT2D eigenvalue weighted by atomic mass is 9.98. The van der Waals surface area contributed by atoms with Crippen molar-refractivity contribution >= 4 is 11.6 Å². The smallest absolute Gasteiger partial charge is 0.137 e. The maximum Gasteiger partial charge on any atom is 0.137 e. The summed E-state index contributed by atoms with van der Waals surface area (Å²) < 4.78 is 5.91. The van der Waals surface area contributed by atoms with E-state index in [-0.39, 0.29) is 0 Å². The summed E-state index contributed by atoms with van der Waals surface area (Å²) in [7, 11) is 0. The molecule has 1 aromatic rings. The third-order valence-electron chi connectivity index (χ3n) is 3.88. The number of hydrogen-bond acceptors (Lipinski definition) is 2. The van der Waals surface area contributed by atoms with Crippen molar-refractivity contribution in [3.63, 3.8) is 0 Å². The Kier molecular flexibility index (Phi) is 5.99. The monoisotopic (exact) mass is 281 g/mol. The van der Waals surface area contributed by atoms with Gasteiger partial charge in [0.05, 0.1) is 5.02 Å². The number of ether oxygens (including phenoxy) is 1. The van der Waals surface area contributed by atoms with Crippen LogP contribution in [0.25, 0.3) is 0 Å². The predicted molar refractivity (Wildman–Crippen MR) is 81.0 cm³/mol. The van der Waals surface area contributed by atoms with Gasteiger partial charge in [0, 0.05) is 6.04 Å². The highest BCUT2D eigenvalue weighted by molar-refractivity contribution is 6.32. The van der Waals surface area contributed by atoms with E-state index in [1.807, 2.05) is 24.3 Å². The molecule has 2 nitrogen and oxygen atoms in total. The molecule has 0 aliphatic heterocycles. The fourth-order valence-electron chi connectivity index (χ4n) is 2.79. The van der Waals surface area contributed by atoms with Crippen molar-refractivity contribution in [3.05, 3.63) is 29.3 Å². The highest BCUT2D eigenvalue weighted by Crippen LogP contribution is 2.29. The molecule has 0 bridgehead atoms. The van der Waals surface area contributed by atoms with Gasteiger partial charge < -0.3 is 10.1 Å². The van der Waals surface area contributed by atoms with Gasteiger partial charge in [-0.25, -0.2) is 0 Å². The zero-order chi connectivity index (χ0) is 13.5. The summed E-state index contributed by atoms with van der Waals surface area (Å²) in [6.07, 6.45) is 6.54. The van der Waals surface area contributed by atoms with Crippen LogP contribution in [0.3, 0.4) is 0 Å². The number of benzene rings is 1. The molecule has 0 amide bonds. The minimum atomic E-state index is 0.457. The van der Waals surface area contributed by atoms with Crippen molar-refractivity contribution < 1.29 is 4.74 Å². The van der Waals surface area contributed by atoms with Gasteiger partial charge >= 0.3 is 0 Å². The van der Waals surface area contributed by atoms with Crippen molar-refractivity contribution in [1.82, 2.24) is 5.32 Å². The van der Waals surface area contributed by atoms with Gasteiger partial charge in [-0.2, -0.15) is 0 Å². The summed E-state index contributed by atoms with van der Waals surface area (Å²) in [6, 6.07) is 8.16. The molecule has 1 saturated carbocycles. The van der Waals surface area contributed by atoms with Crippen molar-refractivity contribution in [2.45, 2.75) is 45.1 Å². The molecule has 1 atom stereocenters. The van der Waals surface area contributed by atoms with E-state index in [1.54, 1.807) is 0 Å². The molecule has 1 aromatic carbocycles. The molecule has 0 saturated heterocycles. The standard InChI is InChI=1S/C16H24ClNO/c1-2-11-18-15(13-7-3-4-8-13)12-19-16-10-6-5-9-14(16)17/h5-6,9-10,13,15,18H,2-4,7-8,11-12H2,1H3. The van der Waals surface area contributed by atoms with Gasteiger partial charge in [-0.15, -0.1) is 0 Å². The van der Waals surface area contributed by atoms with Crippen molar-refractivity contribution in [1.29, 1.82) is 0 Å². The highest BCUT2D eigenvalue weighted by atomic mass is 35.5. The Bertz CT molecular complexity index is 377. The molecule has 1 aliphatic rings. The van der Waals surface area contributed by atoms with Gasteiger partial charge in [0.15, 0.2) is 0 Å². The second-order valence-electron chi connectivity index (χ2n) is 5.35. The van der Waals surface area contributed by atoms with Crippen LogP contribution in [-0.4, -0.2) is 19.2 Å². The minimum absolute atomic E-state index is 0.457. The average molecular weight is 282 g/mol. The lowest BCUT2D eigenvalue weighted by Gasteiger charge is -2.25. The summed E-state index contributed by atoms with van der Waals surface area (Å²) in [4.78, 5) is 0. The fourth-order valence-corrected chi connectivity index (χ4v) is 2.98. The minimum Gasteiger partial charge on any atom is -0.490 e. The molecule has 19 heavy (non-hydrogen) atoms. The molecule has 0 radical (unpaired) electrons. The third kappa shape index (κ3) is 4.39. The van der Waals surface area contributed by atoms with E-state index < -0.39 is 0 Å². The normalized spacial score (nSPS) is 17.6. The first-order chi connectivity index (χ1) is 9.31. The average Bonchev–Trinajstić information content (AvgIpc) is 2.94. The molecule has 1 N–H and O–H groups in total. The number of hydrogen-bond donors (Lipinski definition) is 1. The van der Waals surface area contributed by atoms with E-state index in [1.165, 1.54) is 25.7 Å². The maximum absolute atomic E-state index is 6.13. The lowest BCUT2D eigenvalue weighted by molar-refractivity contribution is 0.217. The number of para-hydroxylation sites is 1. The van der Waals surface area contributed by atoms with Gasteiger partial charge in [0.1, 0.15) is 12.4 Å². The van der Waals surface area contributed by atoms with E-state index in [0.717, 1.165) is 24.6 Å². The summed E-state index contributed by atoms with van der Waals surface area (Å²) in [6.45, 7) is 3.98. The van der Waals surface area contributed by atoms with Crippen LogP contribution in [0.2, 0.25) is 5.02 Å². The van der Waals surface area contributed by atoms with Crippen molar-refractivity contribution in [2.24, 2.45) is 5.92 Å². The first-order valence-corrected chi connectivity index (χ1v) is 7.79. The number of halogens is 1. The summed E-state index contributed by atoms with van der Waals surface area (Å²) in [5.41, 5.74) is 0. The molecule has 2 rings (SSSR count). The fraction of sp³-hybridized carbons (Fsp3) is 0.625. The van der Waals surface area contributed by atoms with Crippen molar-refractivity contribution in [2.75, 3.05) is 13.2 Å². The molecule has 1 aliphatic carbocycles. The second kappa shape index (κ2) is 7.76. The summed E-state index contributed by atoms with van der Waals surface area (Å²) >= 11 is 6.13. The molecule has 1 fully saturated rings. The second-order valence-corrected chi connectivity index (χ2v) is 5.75. The molecule has 106 valence electrons. The maximum atomic E-state index is 6.13. The molecule has 3 heteroatoms. The van der Waals surface area contributed by atoms with E-state index in [2.05, 4.69) is 12.2 Å². The van der Waals surface area contributed by atoms with Crippen LogP contribution < -0.4 is 10.1 Å². The first-order valence-electron chi connectivity index (χ1n) is 7.42. The number of nitrogens with one attached hydrogen (secondary N) is 1. The summed E-state index contributed by atoms with van der Waals surface area (Å²) in [5.74, 6) is 1.56. The van der Waals surface area contributed by atoms with Crippen LogP contribution in [0.4, 0.5) is 0 Å². The van der Waals surface area contributed by atoms with E-state index in [4.69, 9.17) is 16.3 Å². The quantitative estimate of drug-likeness (QED) is 0.805. The SMILES string of the molecule is CCCNC(COc1ccccc1Cl)C1CCCC1. The Morgan fingerprint density at radius 3 is 2.74 bits per heavy atom. The molecule has 0 spiro atoms. The van der Waals surface area contributed by atoms with Crippen molar-refractivity contribution in [3.8, 4) is 5.75 Å². The van der Waals surface area contributed by atoms with Crippen LogP contribution >= 0.6 is 11.6 Å². The molecule has 0 heterocycles. The zero-order valence-corrected chi connectivity index (χ0v) is 12.5. The zero-order valence-electron chi connectivity index (χ0n) is 11.7. The number of rotatable bonds is 7. The molecule has 0 aromatic heterocycles. The Labute approximate surface area is 121 Å². The van der Waals surface area contributed by atoms with Crippen LogP contribution in [0.5, 0.6) is 5.75 Å². The first kappa shape index (κ1) is 14.7. The Morgan fingerprint density at radius 2 is 2.05 bits per heavy atom. The van der Waals surface area contributed by atoms with Gasteiger partial charge in [0.2, 0.25) is 0 Å². The largest absolute Gasteiger partial charge is 0.490 e. The van der Waals surface area contributed by atoms with E-state index in [9.17, 15) is 0 Å². The van der Waals surface area contributed by atoms with Gasteiger partial charge in [-0.1, -0.05) is 43.5 Å². The highest BCUT2D eigenvalue weighted by Gasteiger charge is 2.25. The lowest BCUT2D eigenvalue weighted by Crippen LogP contribution is -2.40. The van der Waals surface area contributed by atoms with Gasteiger partial charge in [0.25, 0.3) is 0 Å². The van der Waals surface area contributed by atoms with Crippen LogP contribution in [0.15, 0.2) is 24.3 Å². The molecule has 1 unspecified atom stereocenters. The van der Waals surface area contributed by atoms with Crippen LogP contribution in [0.1, 0.15) is 39.0 Å². The van der Waals surface area contributed by atoms with Gasteiger partial charge in [-0.3, -0.25) is 0 Å². The van der Waals surface area contributed by atoms with Gasteiger partial charge in [-0.05, 0) is 43.9 Å². The Morgan fingerprint density at radius 1 is 1.32 bits per heavy atom. The molecular weight excluding hydrogens is 258 g/mol. The van der Waals surface area contributed by atoms with E-state index in [0.29, 0.717) is 17.7 Å². The predicted octanol–water partition coefficient (Wildman–Crippen LogP) is 4.28. The van der Waals surface area contributed by atoms with Crippen LogP contribution in [-0.2, 0) is 0 Å². The van der Waals surface area contributed by atoms with Crippen LogP contribution in [0, 0.1) is 5.92 Å². The topological polar surface area (TPSA) is 21.3 Å². The third-order valence-corrected chi connectivity index (χ3v) is 4.19. The Balaban J connectivity index is 1.90. The summed E-state index contributed by atoms with van der Waals surface area (Å²) in [5, 5.41) is 4.33. The van der Waals surface area contributed by atoms with E-state index >= 15 is 0 Å². The molecular formula is C16H24ClNO.